The number of aromatic nitrogens is 1. The number of aryl methyl sites for hydroxylation is 2. The molecule has 1 aromatic heterocycles. The van der Waals surface area contributed by atoms with Crippen molar-refractivity contribution < 1.29 is 4.79 Å². The number of hydrogen-bond donors (Lipinski definition) is 1. The number of likely N-dealkylation sites (tertiary alicyclic amines) is 1. The fourth-order valence-corrected chi connectivity index (χ4v) is 3.17. The topological polar surface area (TPSA) is 45.2 Å². The SMILES string of the molecule is Cc1ccc(CN2CC[C@H](CNC(=O)c3cccc(C)n3)C2)cc1. The molecule has 0 bridgehead atoms. The highest BCUT2D eigenvalue weighted by atomic mass is 16.1. The summed E-state index contributed by atoms with van der Waals surface area (Å²) in [4.78, 5) is 18.9. The van der Waals surface area contributed by atoms with Crippen LogP contribution in [-0.2, 0) is 6.54 Å². The minimum absolute atomic E-state index is 0.0734. The van der Waals surface area contributed by atoms with Crippen LogP contribution >= 0.6 is 0 Å². The summed E-state index contributed by atoms with van der Waals surface area (Å²) >= 11 is 0. The molecule has 0 saturated carbocycles. The highest BCUT2D eigenvalue weighted by molar-refractivity contribution is 5.92. The molecule has 0 radical (unpaired) electrons. The Bertz CT molecular complexity index is 696. The van der Waals surface area contributed by atoms with Crippen LogP contribution in [0.3, 0.4) is 0 Å². The molecule has 1 saturated heterocycles. The molecule has 1 aliphatic rings. The zero-order valence-corrected chi connectivity index (χ0v) is 14.5. The van der Waals surface area contributed by atoms with Crippen molar-refractivity contribution in [2.75, 3.05) is 19.6 Å². The van der Waals surface area contributed by atoms with Crippen molar-refractivity contribution >= 4 is 5.91 Å². The second-order valence-electron chi connectivity index (χ2n) is 6.75. The third-order valence-electron chi connectivity index (χ3n) is 4.57. The molecule has 126 valence electrons. The first-order valence-electron chi connectivity index (χ1n) is 8.60. The number of rotatable bonds is 5. The zero-order chi connectivity index (χ0) is 16.9. The van der Waals surface area contributed by atoms with Gasteiger partial charge in [-0.15, -0.1) is 0 Å². The Balaban J connectivity index is 1.46. The maximum Gasteiger partial charge on any atom is 0.269 e. The lowest BCUT2D eigenvalue weighted by Crippen LogP contribution is -2.31. The van der Waals surface area contributed by atoms with Gasteiger partial charge in [-0.25, -0.2) is 4.98 Å². The Labute approximate surface area is 143 Å². The number of nitrogens with one attached hydrogen (secondary N) is 1. The number of hydrogen-bond acceptors (Lipinski definition) is 3. The maximum atomic E-state index is 12.2. The zero-order valence-electron chi connectivity index (χ0n) is 14.5. The number of carbonyl (C=O) groups is 1. The van der Waals surface area contributed by atoms with Crippen LogP contribution in [0, 0.1) is 19.8 Å². The van der Waals surface area contributed by atoms with Gasteiger partial charge in [0.15, 0.2) is 0 Å². The molecule has 1 aliphatic heterocycles. The molecule has 1 amide bonds. The molecular weight excluding hydrogens is 298 g/mol. The highest BCUT2D eigenvalue weighted by Crippen LogP contribution is 2.18. The van der Waals surface area contributed by atoms with Gasteiger partial charge < -0.3 is 5.32 Å². The van der Waals surface area contributed by atoms with Gasteiger partial charge in [0.25, 0.3) is 5.91 Å². The summed E-state index contributed by atoms with van der Waals surface area (Å²) in [6, 6.07) is 14.3. The molecule has 3 rings (SSSR count). The molecule has 4 nitrogen and oxygen atoms in total. The van der Waals surface area contributed by atoms with Crippen molar-refractivity contribution in [1.29, 1.82) is 0 Å². The summed E-state index contributed by atoms with van der Waals surface area (Å²) in [6.07, 6.45) is 1.13. The standard InChI is InChI=1S/C20H25N3O/c1-15-6-8-17(9-7-15)13-23-11-10-18(14-23)12-21-20(24)19-5-3-4-16(2)22-19/h3-9,18H,10-14H2,1-2H3,(H,21,24)/t18-/m1/s1. The lowest BCUT2D eigenvalue weighted by Gasteiger charge is -2.16. The summed E-state index contributed by atoms with van der Waals surface area (Å²) in [7, 11) is 0. The Morgan fingerprint density at radius 2 is 2.00 bits per heavy atom. The first-order valence-corrected chi connectivity index (χ1v) is 8.60. The van der Waals surface area contributed by atoms with Gasteiger partial charge in [0.2, 0.25) is 0 Å². The Morgan fingerprint density at radius 1 is 1.21 bits per heavy atom. The van der Waals surface area contributed by atoms with Gasteiger partial charge in [-0.3, -0.25) is 9.69 Å². The first-order chi connectivity index (χ1) is 11.6. The van der Waals surface area contributed by atoms with E-state index in [1.54, 1.807) is 6.07 Å². The fraction of sp³-hybridized carbons (Fsp3) is 0.400. The van der Waals surface area contributed by atoms with E-state index in [-0.39, 0.29) is 5.91 Å². The summed E-state index contributed by atoms with van der Waals surface area (Å²) in [5.41, 5.74) is 4.03. The van der Waals surface area contributed by atoms with Crippen LogP contribution in [0.1, 0.15) is 33.7 Å². The van der Waals surface area contributed by atoms with Crippen molar-refractivity contribution in [3.63, 3.8) is 0 Å². The van der Waals surface area contributed by atoms with Gasteiger partial charge in [-0.2, -0.15) is 0 Å². The van der Waals surface area contributed by atoms with Crippen LogP contribution in [0.4, 0.5) is 0 Å². The van der Waals surface area contributed by atoms with Crippen molar-refractivity contribution in [2.45, 2.75) is 26.8 Å². The highest BCUT2D eigenvalue weighted by Gasteiger charge is 2.23. The minimum Gasteiger partial charge on any atom is -0.350 e. The molecule has 24 heavy (non-hydrogen) atoms. The third-order valence-corrected chi connectivity index (χ3v) is 4.57. The van der Waals surface area contributed by atoms with Crippen molar-refractivity contribution in [2.24, 2.45) is 5.92 Å². The summed E-state index contributed by atoms with van der Waals surface area (Å²) in [5.74, 6) is 0.444. The largest absolute Gasteiger partial charge is 0.350 e. The van der Waals surface area contributed by atoms with Crippen molar-refractivity contribution in [3.05, 3.63) is 65.0 Å². The lowest BCUT2D eigenvalue weighted by atomic mass is 10.1. The minimum atomic E-state index is -0.0734. The fourth-order valence-electron chi connectivity index (χ4n) is 3.17. The maximum absolute atomic E-state index is 12.2. The molecule has 0 aliphatic carbocycles. The van der Waals surface area contributed by atoms with Gasteiger partial charge in [0.05, 0.1) is 0 Å². The van der Waals surface area contributed by atoms with E-state index in [0.29, 0.717) is 11.6 Å². The van der Waals surface area contributed by atoms with Crippen LogP contribution in [0.25, 0.3) is 0 Å². The van der Waals surface area contributed by atoms with Crippen LogP contribution in [0.15, 0.2) is 42.5 Å². The van der Waals surface area contributed by atoms with Crippen LogP contribution < -0.4 is 5.32 Å². The second-order valence-corrected chi connectivity index (χ2v) is 6.75. The molecule has 4 heteroatoms. The summed E-state index contributed by atoms with van der Waals surface area (Å²) < 4.78 is 0. The average Bonchev–Trinajstić information content (AvgIpc) is 3.02. The number of carbonyl (C=O) groups excluding carboxylic acids is 1. The molecule has 1 N–H and O–H groups in total. The first kappa shape index (κ1) is 16.7. The Kier molecular flexibility index (Phi) is 5.26. The molecule has 2 aromatic rings. The van der Waals surface area contributed by atoms with E-state index in [4.69, 9.17) is 0 Å². The van der Waals surface area contributed by atoms with Gasteiger partial charge in [0, 0.05) is 25.3 Å². The van der Waals surface area contributed by atoms with Crippen molar-refractivity contribution in [3.8, 4) is 0 Å². The van der Waals surface area contributed by atoms with E-state index in [0.717, 1.165) is 38.3 Å². The third kappa shape index (κ3) is 4.42. The predicted octanol–water partition coefficient (Wildman–Crippen LogP) is 2.95. The van der Waals surface area contributed by atoms with Gasteiger partial charge in [0.1, 0.15) is 5.69 Å². The lowest BCUT2D eigenvalue weighted by molar-refractivity contribution is 0.0942. The molecule has 1 atom stereocenters. The van der Waals surface area contributed by atoms with E-state index >= 15 is 0 Å². The normalized spacial score (nSPS) is 17.8. The smallest absolute Gasteiger partial charge is 0.269 e. The van der Waals surface area contributed by atoms with E-state index in [9.17, 15) is 4.79 Å². The van der Waals surface area contributed by atoms with Crippen LogP contribution in [-0.4, -0.2) is 35.4 Å². The molecule has 2 heterocycles. The Hall–Kier alpha value is -2.20. The molecular formula is C20H25N3O. The van der Waals surface area contributed by atoms with E-state index in [1.807, 2.05) is 19.1 Å². The average molecular weight is 323 g/mol. The quantitative estimate of drug-likeness (QED) is 0.920. The van der Waals surface area contributed by atoms with E-state index in [2.05, 4.69) is 46.4 Å². The van der Waals surface area contributed by atoms with Crippen LogP contribution in [0.5, 0.6) is 0 Å². The van der Waals surface area contributed by atoms with Gasteiger partial charge >= 0.3 is 0 Å². The monoisotopic (exact) mass is 323 g/mol. The van der Waals surface area contributed by atoms with Crippen LogP contribution in [0.2, 0.25) is 0 Å². The molecule has 0 spiro atoms. The van der Waals surface area contributed by atoms with E-state index in [1.165, 1.54) is 11.1 Å². The Morgan fingerprint density at radius 3 is 2.75 bits per heavy atom. The molecule has 1 aromatic carbocycles. The number of benzene rings is 1. The number of nitrogens with zero attached hydrogens (tertiary/aromatic N) is 2. The predicted molar refractivity (Wildman–Crippen MR) is 95.9 cm³/mol. The van der Waals surface area contributed by atoms with Gasteiger partial charge in [-0.05, 0) is 50.4 Å². The molecule has 1 fully saturated rings. The molecule has 0 unspecified atom stereocenters. The number of amides is 1. The number of pyridine rings is 1. The van der Waals surface area contributed by atoms with Crippen molar-refractivity contribution in [1.82, 2.24) is 15.2 Å². The van der Waals surface area contributed by atoms with Gasteiger partial charge in [-0.1, -0.05) is 35.9 Å². The van der Waals surface area contributed by atoms with E-state index < -0.39 is 0 Å². The summed E-state index contributed by atoms with van der Waals surface area (Å²) in [5, 5.41) is 3.03. The second kappa shape index (κ2) is 7.58. The summed E-state index contributed by atoms with van der Waals surface area (Å²) in [6.45, 7) is 7.85.